The highest BCUT2D eigenvalue weighted by molar-refractivity contribution is 6.18. The molecule has 0 bridgehead atoms. The Kier molecular flexibility index (Phi) is 4.89. The minimum absolute atomic E-state index is 0.255. The van der Waals surface area contributed by atoms with E-state index in [4.69, 9.17) is 9.41 Å². The molecule has 1 atom stereocenters. The van der Waals surface area contributed by atoms with Gasteiger partial charge in [-0.15, -0.1) is 0 Å². The lowest BCUT2D eigenvalue weighted by Crippen LogP contribution is -2.20. The van der Waals surface area contributed by atoms with Crippen LogP contribution in [0.5, 0.6) is 0 Å². The van der Waals surface area contributed by atoms with Gasteiger partial charge in [-0.1, -0.05) is 103 Å². The summed E-state index contributed by atoms with van der Waals surface area (Å²) in [5.41, 5.74) is 9.42. The van der Waals surface area contributed by atoms with Crippen molar-refractivity contribution in [2.24, 2.45) is 4.99 Å². The molecule has 8 rings (SSSR count). The van der Waals surface area contributed by atoms with E-state index >= 15 is 0 Å². The van der Waals surface area contributed by atoms with Gasteiger partial charge in [-0.05, 0) is 52.2 Å². The second kappa shape index (κ2) is 8.71. The first-order chi connectivity index (χ1) is 19.3. The summed E-state index contributed by atoms with van der Waals surface area (Å²) in [7, 11) is 0. The topological polar surface area (TPSA) is 37.5 Å². The number of fused-ring (bicyclic) bond motifs is 5. The van der Waals surface area contributed by atoms with Gasteiger partial charge in [-0.3, -0.25) is 4.99 Å². The highest BCUT2D eigenvalue weighted by Crippen LogP contribution is 2.42. The lowest BCUT2D eigenvalue weighted by Gasteiger charge is -2.26. The molecule has 1 aromatic heterocycles. The van der Waals surface area contributed by atoms with E-state index in [9.17, 15) is 0 Å². The van der Waals surface area contributed by atoms with Crippen molar-refractivity contribution in [1.82, 2.24) is 0 Å². The van der Waals surface area contributed by atoms with Crippen LogP contribution in [0, 0.1) is 0 Å². The number of hydrogen-bond donors (Lipinski definition) is 1. The molecule has 39 heavy (non-hydrogen) atoms. The fraction of sp³-hybridized carbons (Fsp3) is 0.0278. The van der Waals surface area contributed by atoms with Crippen molar-refractivity contribution in [2.45, 2.75) is 6.17 Å². The van der Waals surface area contributed by atoms with E-state index in [-0.39, 0.29) is 6.17 Å². The van der Waals surface area contributed by atoms with E-state index in [1.807, 2.05) is 6.07 Å². The van der Waals surface area contributed by atoms with Gasteiger partial charge in [-0.25, -0.2) is 0 Å². The van der Waals surface area contributed by atoms with Crippen molar-refractivity contribution in [3.8, 4) is 11.1 Å². The van der Waals surface area contributed by atoms with E-state index in [1.54, 1.807) is 0 Å². The lowest BCUT2D eigenvalue weighted by atomic mass is 9.94. The second-order valence-corrected chi connectivity index (χ2v) is 10.0. The van der Waals surface area contributed by atoms with Gasteiger partial charge in [0.15, 0.2) is 0 Å². The molecule has 0 saturated heterocycles. The molecule has 1 aliphatic rings. The van der Waals surface area contributed by atoms with Crippen LogP contribution in [-0.4, -0.2) is 5.71 Å². The van der Waals surface area contributed by atoms with Crippen LogP contribution in [-0.2, 0) is 0 Å². The number of benzene rings is 6. The Hall–Kier alpha value is -5.15. The van der Waals surface area contributed by atoms with Crippen molar-refractivity contribution >= 4 is 44.1 Å². The number of hydrogen-bond acceptors (Lipinski definition) is 3. The monoisotopic (exact) mass is 500 g/mol. The molecular weight excluding hydrogens is 476 g/mol. The molecule has 0 spiro atoms. The SMILES string of the molecule is c1ccc(C2=NC(c3cc(-c4ccccc4)c4c(c3)oc3cc5ccccc5cc34)Nc3ccccc32)cc1. The molecule has 3 heteroatoms. The molecule has 3 nitrogen and oxygen atoms in total. The Balaban J connectivity index is 1.38. The van der Waals surface area contributed by atoms with Crippen LogP contribution in [0.3, 0.4) is 0 Å². The Morgan fingerprint density at radius 1 is 0.564 bits per heavy atom. The molecule has 1 aliphatic heterocycles. The van der Waals surface area contributed by atoms with E-state index in [1.165, 1.54) is 10.8 Å². The van der Waals surface area contributed by atoms with Crippen molar-refractivity contribution in [1.29, 1.82) is 0 Å². The quantitative estimate of drug-likeness (QED) is 0.262. The maximum Gasteiger partial charge on any atom is 0.145 e. The fourth-order valence-corrected chi connectivity index (χ4v) is 5.79. The summed E-state index contributed by atoms with van der Waals surface area (Å²) in [6, 6.07) is 46.7. The van der Waals surface area contributed by atoms with Crippen LogP contribution >= 0.6 is 0 Å². The van der Waals surface area contributed by atoms with E-state index in [2.05, 4.69) is 133 Å². The van der Waals surface area contributed by atoms with Gasteiger partial charge in [0.05, 0.1) is 5.71 Å². The summed E-state index contributed by atoms with van der Waals surface area (Å²) < 4.78 is 6.56. The van der Waals surface area contributed by atoms with Gasteiger partial charge < -0.3 is 9.73 Å². The first-order valence-corrected chi connectivity index (χ1v) is 13.3. The summed E-state index contributed by atoms with van der Waals surface area (Å²) >= 11 is 0. The average molecular weight is 501 g/mol. The van der Waals surface area contributed by atoms with Crippen molar-refractivity contribution in [3.05, 3.63) is 150 Å². The fourth-order valence-electron chi connectivity index (χ4n) is 5.79. The van der Waals surface area contributed by atoms with Gasteiger partial charge >= 0.3 is 0 Å². The second-order valence-electron chi connectivity index (χ2n) is 10.0. The summed E-state index contributed by atoms with van der Waals surface area (Å²) in [6.45, 7) is 0. The standard InChI is InChI=1S/C36H24N2O/c1-3-11-23(12-4-1)29-20-27(22-33-34(29)30-19-25-15-7-8-16-26(25)21-32(30)39-33)36-37-31-18-10-9-17-28(31)35(38-36)24-13-5-2-6-14-24/h1-22,36-37H. The maximum atomic E-state index is 6.56. The number of para-hydroxylation sites is 1. The molecule has 0 amide bonds. The third-order valence-electron chi connectivity index (χ3n) is 7.64. The van der Waals surface area contributed by atoms with E-state index in [0.29, 0.717) is 0 Å². The lowest BCUT2D eigenvalue weighted by molar-refractivity contribution is 0.667. The molecule has 2 heterocycles. The minimum Gasteiger partial charge on any atom is -0.456 e. The number of nitrogens with zero attached hydrogens (tertiary/aromatic N) is 1. The first kappa shape index (κ1) is 21.9. The number of aliphatic imine (C=N–C) groups is 1. The van der Waals surface area contributed by atoms with Crippen LogP contribution in [0.15, 0.2) is 143 Å². The van der Waals surface area contributed by atoms with Crippen molar-refractivity contribution in [3.63, 3.8) is 0 Å². The molecule has 0 radical (unpaired) electrons. The number of furan rings is 1. The number of anilines is 1. The Morgan fingerprint density at radius 2 is 1.23 bits per heavy atom. The normalized spacial score (nSPS) is 14.8. The van der Waals surface area contributed by atoms with Crippen LogP contribution in [0.1, 0.15) is 22.9 Å². The summed E-state index contributed by atoms with van der Waals surface area (Å²) in [4.78, 5) is 5.27. The van der Waals surface area contributed by atoms with Crippen LogP contribution in [0.4, 0.5) is 5.69 Å². The van der Waals surface area contributed by atoms with Crippen molar-refractivity contribution in [2.75, 3.05) is 5.32 Å². The third-order valence-corrected chi connectivity index (χ3v) is 7.64. The van der Waals surface area contributed by atoms with Gasteiger partial charge in [0.25, 0.3) is 0 Å². The van der Waals surface area contributed by atoms with Crippen LogP contribution in [0.2, 0.25) is 0 Å². The summed E-state index contributed by atoms with van der Waals surface area (Å²) in [5, 5.41) is 8.33. The van der Waals surface area contributed by atoms with E-state index < -0.39 is 0 Å². The first-order valence-electron chi connectivity index (χ1n) is 13.3. The van der Waals surface area contributed by atoms with E-state index in [0.717, 1.165) is 61.2 Å². The smallest absolute Gasteiger partial charge is 0.145 e. The molecule has 1 unspecified atom stereocenters. The Labute approximate surface area is 226 Å². The third kappa shape index (κ3) is 3.63. The molecule has 7 aromatic rings. The van der Waals surface area contributed by atoms with Gasteiger partial charge in [0.1, 0.15) is 17.3 Å². The molecule has 184 valence electrons. The van der Waals surface area contributed by atoms with Gasteiger partial charge in [0, 0.05) is 33.2 Å². The zero-order valence-corrected chi connectivity index (χ0v) is 21.1. The minimum atomic E-state index is -0.255. The molecule has 0 fully saturated rings. The zero-order chi connectivity index (χ0) is 25.8. The molecular formula is C36H24N2O. The molecule has 0 saturated carbocycles. The Morgan fingerprint density at radius 3 is 2.03 bits per heavy atom. The maximum absolute atomic E-state index is 6.56. The highest BCUT2D eigenvalue weighted by atomic mass is 16.3. The predicted molar refractivity (Wildman–Crippen MR) is 162 cm³/mol. The van der Waals surface area contributed by atoms with Crippen molar-refractivity contribution < 1.29 is 4.42 Å². The average Bonchev–Trinajstić information content (AvgIpc) is 3.37. The predicted octanol–water partition coefficient (Wildman–Crippen LogP) is 9.37. The molecule has 6 aromatic carbocycles. The van der Waals surface area contributed by atoms with Gasteiger partial charge in [0.2, 0.25) is 0 Å². The molecule has 1 N–H and O–H groups in total. The highest BCUT2D eigenvalue weighted by Gasteiger charge is 2.24. The van der Waals surface area contributed by atoms with Gasteiger partial charge in [-0.2, -0.15) is 0 Å². The van der Waals surface area contributed by atoms with Crippen LogP contribution in [0.25, 0.3) is 43.8 Å². The number of rotatable bonds is 3. The largest absolute Gasteiger partial charge is 0.456 e. The Bertz CT molecular complexity index is 2040. The zero-order valence-electron chi connectivity index (χ0n) is 21.1. The summed E-state index contributed by atoms with van der Waals surface area (Å²) in [5.74, 6) is 0. The van der Waals surface area contributed by atoms with Crippen LogP contribution < -0.4 is 5.32 Å². The molecule has 0 aliphatic carbocycles. The summed E-state index contributed by atoms with van der Waals surface area (Å²) in [6.07, 6.45) is -0.255. The number of nitrogens with one attached hydrogen (secondary N) is 1.